The van der Waals surface area contributed by atoms with E-state index in [2.05, 4.69) is 10.6 Å². The molecule has 8 nitrogen and oxygen atoms in total. The first-order valence-electron chi connectivity index (χ1n) is 11.8. The molecule has 2 atom stereocenters. The van der Waals surface area contributed by atoms with E-state index in [1.807, 2.05) is 24.3 Å². The average Bonchev–Trinajstić information content (AvgIpc) is 3.34. The predicted octanol–water partition coefficient (Wildman–Crippen LogP) is 4.23. The zero-order chi connectivity index (χ0) is 25.7. The quantitative estimate of drug-likeness (QED) is 0.537. The number of hydrogen-bond acceptors (Lipinski definition) is 5. The Labute approximate surface area is 216 Å². The minimum absolute atomic E-state index is 0.144. The maximum atomic E-state index is 13.6. The maximum Gasteiger partial charge on any atom is 0.256 e. The first-order valence-corrected chi connectivity index (χ1v) is 12.2. The van der Waals surface area contributed by atoms with Gasteiger partial charge in [0.2, 0.25) is 12.7 Å². The highest BCUT2D eigenvalue weighted by Crippen LogP contribution is 2.37. The molecule has 3 aromatic rings. The van der Waals surface area contributed by atoms with E-state index in [9.17, 15) is 18.8 Å². The summed E-state index contributed by atoms with van der Waals surface area (Å²) in [4.78, 5) is 40.9. The van der Waals surface area contributed by atoms with Crippen LogP contribution in [0.15, 0.2) is 54.6 Å². The lowest BCUT2D eigenvalue weighted by atomic mass is 9.95. The smallest absolute Gasteiger partial charge is 0.256 e. The SMILES string of the molecule is O=C(NC1CCN2C(=O)c3cc(-c4ccc5c(c4)OCO5)ccc3NC(=O)C2C1)c1ccc(F)c(Cl)c1. The molecule has 3 aromatic carbocycles. The zero-order valence-electron chi connectivity index (χ0n) is 19.4. The lowest BCUT2D eigenvalue weighted by molar-refractivity contribution is -0.121. The van der Waals surface area contributed by atoms with Crippen LogP contribution in [0.3, 0.4) is 0 Å². The molecule has 0 spiro atoms. The molecular formula is C27H21ClFN3O5. The van der Waals surface area contributed by atoms with Crippen molar-refractivity contribution in [1.29, 1.82) is 0 Å². The van der Waals surface area contributed by atoms with Crippen LogP contribution in [0, 0.1) is 5.82 Å². The van der Waals surface area contributed by atoms with Gasteiger partial charge >= 0.3 is 0 Å². The van der Waals surface area contributed by atoms with Gasteiger partial charge in [0.15, 0.2) is 11.5 Å². The molecule has 3 aliphatic rings. The monoisotopic (exact) mass is 521 g/mol. The summed E-state index contributed by atoms with van der Waals surface area (Å²) < 4.78 is 24.3. The van der Waals surface area contributed by atoms with Crippen LogP contribution in [0.1, 0.15) is 33.6 Å². The highest BCUT2D eigenvalue weighted by molar-refractivity contribution is 6.31. The van der Waals surface area contributed by atoms with Gasteiger partial charge in [0, 0.05) is 18.2 Å². The van der Waals surface area contributed by atoms with Gasteiger partial charge in [-0.2, -0.15) is 0 Å². The van der Waals surface area contributed by atoms with Crippen molar-refractivity contribution < 1.29 is 28.2 Å². The Balaban J connectivity index is 1.21. The van der Waals surface area contributed by atoms with Crippen molar-refractivity contribution in [3.8, 4) is 22.6 Å². The summed E-state index contributed by atoms with van der Waals surface area (Å²) in [7, 11) is 0. The topological polar surface area (TPSA) is 97.0 Å². The van der Waals surface area contributed by atoms with E-state index in [0.717, 1.165) is 17.2 Å². The summed E-state index contributed by atoms with van der Waals surface area (Å²) in [6, 6.07) is 13.5. The van der Waals surface area contributed by atoms with E-state index < -0.39 is 17.8 Å². The third kappa shape index (κ3) is 4.25. The minimum atomic E-state index is -0.746. The zero-order valence-corrected chi connectivity index (χ0v) is 20.2. The van der Waals surface area contributed by atoms with Crippen molar-refractivity contribution in [1.82, 2.24) is 10.2 Å². The first kappa shape index (κ1) is 23.3. The number of amides is 3. The Hall–Kier alpha value is -4.11. The van der Waals surface area contributed by atoms with Gasteiger partial charge in [0.05, 0.1) is 16.3 Å². The van der Waals surface area contributed by atoms with Crippen molar-refractivity contribution in [2.75, 3.05) is 18.7 Å². The van der Waals surface area contributed by atoms with Gasteiger partial charge in [-0.05, 0) is 66.4 Å². The molecule has 0 aliphatic carbocycles. The molecule has 6 rings (SSSR count). The van der Waals surface area contributed by atoms with E-state index in [1.54, 1.807) is 17.0 Å². The molecule has 1 saturated heterocycles. The highest BCUT2D eigenvalue weighted by atomic mass is 35.5. The first-order chi connectivity index (χ1) is 17.9. The number of fused-ring (bicyclic) bond motifs is 3. The molecule has 2 unspecified atom stereocenters. The summed E-state index contributed by atoms with van der Waals surface area (Å²) in [5, 5.41) is 5.61. The van der Waals surface area contributed by atoms with Crippen LogP contribution in [0.5, 0.6) is 11.5 Å². The number of ether oxygens (including phenoxy) is 2. The van der Waals surface area contributed by atoms with E-state index in [4.69, 9.17) is 21.1 Å². The molecule has 0 aromatic heterocycles. The number of halogens is 2. The van der Waals surface area contributed by atoms with Crippen LogP contribution in [0.25, 0.3) is 11.1 Å². The molecule has 3 aliphatic heterocycles. The Morgan fingerprint density at radius 3 is 2.65 bits per heavy atom. The molecule has 0 radical (unpaired) electrons. The fraction of sp³-hybridized carbons (Fsp3) is 0.222. The fourth-order valence-corrected chi connectivity index (χ4v) is 5.13. The van der Waals surface area contributed by atoms with Crippen LogP contribution >= 0.6 is 11.6 Å². The van der Waals surface area contributed by atoms with E-state index in [-0.39, 0.29) is 41.7 Å². The van der Waals surface area contributed by atoms with Gasteiger partial charge in [-0.15, -0.1) is 0 Å². The van der Waals surface area contributed by atoms with Crippen LogP contribution in [-0.2, 0) is 4.79 Å². The number of hydrogen-bond donors (Lipinski definition) is 2. The molecule has 188 valence electrons. The van der Waals surface area contributed by atoms with Crippen LogP contribution < -0.4 is 20.1 Å². The van der Waals surface area contributed by atoms with Crippen molar-refractivity contribution in [2.24, 2.45) is 0 Å². The average molecular weight is 522 g/mol. The standard InChI is InChI=1S/C27H21ClFN3O5/c28-19-10-16(1-4-20(19)29)25(33)30-17-7-8-32-22(12-17)26(34)31-21-5-2-14(9-18(21)27(32)35)15-3-6-23-24(11-15)37-13-36-23/h1-6,9-11,17,22H,7-8,12-13H2,(H,30,33)(H,31,34). The third-order valence-corrected chi connectivity index (χ3v) is 7.19. The van der Waals surface area contributed by atoms with Gasteiger partial charge in [-0.3, -0.25) is 14.4 Å². The van der Waals surface area contributed by atoms with Gasteiger partial charge in [-0.25, -0.2) is 4.39 Å². The molecule has 0 bridgehead atoms. The van der Waals surface area contributed by atoms with Crippen LogP contribution in [-0.4, -0.2) is 48.0 Å². The summed E-state index contributed by atoms with van der Waals surface area (Å²) in [5.41, 5.74) is 2.72. The Morgan fingerprint density at radius 1 is 1.03 bits per heavy atom. The van der Waals surface area contributed by atoms with Crippen molar-refractivity contribution in [3.05, 3.63) is 76.6 Å². The van der Waals surface area contributed by atoms with Gasteiger partial charge in [0.25, 0.3) is 11.8 Å². The van der Waals surface area contributed by atoms with E-state index in [0.29, 0.717) is 35.7 Å². The Kier molecular flexibility index (Phi) is 5.72. The number of nitrogens with zero attached hydrogens (tertiary/aromatic N) is 1. The van der Waals surface area contributed by atoms with E-state index in [1.165, 1.54) is 12.1 Å². The second-order valence-electron chi connectivity index (χ2n) is 9.16. The van der Waals surface area contributed by atoms with Gasteiger partial charge < -0.3 is 25.0 Å². The molecule has 0 saturated carbocycles. The predicted molar refractivity (Wildman–Crippen MR) is 133 cm³/mol. The number of rotatable bonds is 3. The number of benzene rings is 3. The van der Waals surface area contributed by atoms with E-state index >= 15 is 0 Å². The molecular weight excluding hydrogens is 501 g/mol. The number of piperidine rings is 1. The van der Waals surface area contributed by atoms with Crippen LogP contribution in [0.2, 0.25) is 5.02 Å². The van der Waals surface area contributed by atoms with Gasteiger partial charge in [-0.1, -0.05) is 23.7 Å². The molecule has 37 heavy (non-hydrogen) atoms. The molecule has 1 fully saturated rings. The second-order valence-corrected chi connectivity index (χ2v) is 9.56. The largest absolute Gasteiger partial charge is 0.454 e. The molecule has 2 N–H and O–H groups in total. The third-order valence-electron chi connectivity index (χ3n) is 6.90. The normalized spacial score (nSPS) is 20.0. The number of carbonyl (C=O) groups is 3. The van der Waals surface area contributed by atoms with Crippen molar-refractivity contribution >= 4 is 35.0 Å². The van der Waals surface area contributed by atoms with Crippen LogP contribution in [0.4, 0.5) is 10.1 Å². The minimum Gasteiger partial charge on any atom is -0.454 e. The number of carbonyl (C=O) groups excluding carboxylic acids is 3. The highest BCUT2D eigenvalue weighted by Gasteiger charge is 2.40. The van der Waals surface area contributed by atoms with Crippen molar-refractivity contribution in [3.63, 3.8) is 0 Å². The fourth-order valence-electron chi connectivity index (χ4n) is 4.95. The summed E-state index contributed by atoms with van der Waals surface area (Å²) >= 11 is 5.80. The number of nitrogens with one attached hydrogen (secondary N) is 2. The Bertz CT molecular complexity index is 1460. The lowest BCUT2D eigenvalue weighted by Gasteiger charge is -2.37. The lowest BCUT2D eigenvalue weighted by Crippen LogP contribution is -2.55. The van der Waals surface area contributed by atoms with Crippen molar-refractivity contribution in [2.45, 2.75) is 24.9 Å². The Morgan fingerprint density at radius 2 is 1.81 bits per heavy atom. The summed E-state index contributed by atoms with van der Waals surface area (Å²) in [5.74, 6) is -0.289. The molecule has 10 heteroatoms. The maximum absolute atomic E-state index is 13.6. The summed E-state index contributed by atoms with van der Waals surface area (Å²) in [6.45, 7) is 0.461. The second kappa shape index (κ2) is 9.08. The summed E-state index contributed by atoms with van der Waals surface area (Å²) in [6.07, 6.45) is 0.717. The molecule has 3 heterocycles. The number of anilines is 1. The molecule has 3 amide bonds. The van der Waals surface area contributed by atoms with Gasteiger partial charge in [0.1, 0.15) is 11.9 Å².